The highest BCUT2D eigenvalue weighted by Crippen LogP contribution is 2.32. The van der Waals surface area contributed by atoms with Crippen LogP contribution in [-0.2, 0) is 10.2 Å². The van der Waals surface area contributed by atoms with Crippen LogP contribution in [0.5, 0.6) is 0 Å². The van der Waals surface area contributed by atoms with E-state index < -0.39 is 5.97 Å². The summed E-state index contributed by atoms with van der Waals surface area (Å²) in [4.78, 5) is 13.5. The second-order valence-corrected chi connectivity index (χ2v) is 7.02. The fourth-order valence-electron chi connectivity index (χ4n) is 3.37. The quantitative estimate of drug-likeness (QED) is 0.903. The smallest absolute Gasteiger partial charge is 0.307 e. The molecule has 2 rings (SSSR count). The SMILES string of the molecule is Cc1ccc(C(C)(C)CC(C)N2CCCC(C(=O)O)C2)o1. The number of nitrogens with zero attached hydrogens (tertiary/aromatic N) is 1. The molecule has 4 nitrogen and oxygen atoms in total. The molecule has 1 aliphatic heterocycles. The number of likely N-dealkylation sites (tertiary alicyclic amines) is 1. The third-order valence-corrected chi connectivity index (χ3v) is 4.64. The number of carboxylic acids is 1. The second kappa shape index (κ2) is 6.22. The van der Waals surface area contributed by atoms with Gasteiger partial charge in [0.05, 0.1) is 5.92 Å². The first-order chi connectivity index (χ1) is 9.79. The van der Waals surface area contributed by atoms with Gasteiger partial charge in [-0.25, -0.2) is 0 Å². The second-order valence-electron chi connectivity index (χ2n) is 7.02. The Morgan fingerprint density at radius 3 is 2.81 bits per heavy atom. The van der Waals surface area contributed by atoms with E-state index in [9.17, 15) is 9.90 Å². The van der Waals surface area contributed by atoms with Crippen LogP contribution in [0.15, 0.2) is 16.5 Å². The van der Waals surface area contributed by atoms with Gasteiger partial charge in [-0.15, -0.1) is 0 Å². The minimum atomic E-state index is -0.659. The molecule has 1 aliphatic rings. The average Bonchev–Trinajstić information content (AvgIpc) is 2.86. The minimum absolute atomic E-state index is 0.0379. The van der Waals surface area contributed by atoms with Crippen molar-refractivity contribution in [2.75, 3.05) is 13.1 Å². The van der Waals surface area contributed by atoms with E-state index in [0.717, 1.165) is 37.3 Å². The monoisotopic (exact) mass is 293 g/mol. The van der Waals surface area contributed by atoms with Crippen molar-refractivity contribution in [3.05, 3.63) is 23.7 Å². The van der Waals surface area contributed by atoms with E-state index >= 15 is 0 Å². The number of aliphatic carboxylic acids is 1. The summed E-state index contributed by atoms with van der Waals surface area (Å²) in [6, 6.07) is 4.41. The first-order valence-electron chi connectivity index (χ1n) is 7.83. The molecule has 1 aromatic heterocycles. The first kappa shape index (κ1) is 16.1. The molecule has 1 saturated heterocycles. The number of rotatable bonds is 5. The minimum Gasteiger partial charge on any atom is -0.481 e. The van der Waals surface area contributed by atoms with Crippen LogP contribution in [0.1, 0.15) is 51.6 Å². The lowest BCUT2D eigenvalue weighted by atomic mass is 9.82. The van der Waals surface area contributed by atoms with Crippen LogP contribution in [0.4, 0.5) is 0 Å². The van der Waals surface area contributed by atoms with Crippen molar-refractivity contribution in [2.24, 2.45) is 5.92 Å². The fraction of sp³-hybridized carbons (Fsp3) is 0.706. The molecule has 2 heterocycles. The highest BCUT2D eigenvalue weighted by atomic mass is 16.4. The van der Waals surface area contributed by atoms with Gasteiger partial charge in [0.1, 0.15) is 11.5 Å². The molecule has 0 saturated carbocycles. The maximum atomic E-state index is 11.2. The Labute approximate surface area is 127 Å². The zero-order chi connectivity index (χ0) is 15.6. The third kappa shape index (κ3) is 3.88. The molecule has 0 spiro atoms. The topological polar surface area (TPSA) is 53.7 Å². The Hall–Kier alpha value is -1.29. The van der Waals surface area contributed by atoms with Crippen molar-refractivity contribution in [1.82, 2.24) is 4.90 Å². The van der Waals surface area contributed by atoms with Gasteiger partial charge in [0.2, 0.25) is 0 Å². The summed E-state index contributed by atoms with van der Waals surface area (Å²) in [5.74, 6) is 1.08. The van der Waals surface area contributed by atoms with E-state index in [1.807, 2.05) is 13.0 Å². The lowest BCUT2D eigenvalue weighted by molar-refractivity contribution is -0.143. The molecule has 118 valence electrons. The highest BCUT2D eigenvalue weighted by molar-refractivity contribution is 5.70. The summed E-state index contributed by atoms with van der Waals surface area (Å²) in [6.07, 6.45) is 2.74. The normalized spacial score (nSPS) is 22.2. The number of hydrogen-bond donors (Lipinski definition) is 1. The number of piperidine rings is 1. The number of carbonyl (C=O) groups is 1. The fourth-order valence-corrected chi connectivity index (χ4v) is 3.37. The molecule has 1 N–H and O–H groups in total. The maximum Gasteiger partial charge on any atom is 0.307 e. The van der Waals surface area contributed by atoms with E-state index in [1.54, 1.807) is 0 Å². The van der Waals surface area contributed by atoms with Crippen LogP contribution >= 0.6 is 0 Å². The van der Waals surface area contributed by atoms with E-state index in [-0.39, 0.29) is 11.3 Å². The largest absolute Gasteiger partial charge is 0.481 e. The van der Waals surface area contributed by atoms with E-state index in [4.69, 9.17) is 4.42 Å². The molecule has 4 heteroatoms. The molecule has 0 aromatic carbocycles. The van der Waals surface area contributed by atoms with Gasteiger partial charge in [0, 0.05) is 18.0 Å². The van der Waals surface area contributed by atoms with Gasteiger partial charge < -0.3 is 9.52 Å². The molecule has 2 unspecified atom stereocenters. The molecule has 2 atom stereocenters. The molecular weight excluding hydrogens is 266 g/mol. The third-order valence-electron chi connectivity index (χ3n) is 4.64. The van der Waals surface area contributed by atoms with Gasteiger partial charge in [-0.3, -0.25) is 9.69 Å². The molecule has 1 aromatic rings. The summed E-state index contributed by atoms with van der Waals surface area (Å²) < 4.78 is 5.78. The lowest BCUT2D eigenvalue weighted by Crippen LogP contribution is -2.45. The summed E-state index contributed by atoms with van der Waals surface area (Å²) in [5, 5.41) is 9.21. The van der Waals surface area contributed by atoms with Crippen molar-refractivity contribution >= 4 is 5.97 Å². The average molecular weight is 293 g/mol. The van der Waals surface area contributed by atoms with Gasteiger partial charge in [-0.2, -0.15) is 0 Å². The Kier molecular flexibility index (Phi) is 4.77. The van der Waals surface area contributed by atoms with Crippen LogP contribution in [0.2, 0.25) is 0 Å². The zero-order valence-electron chi connectivity index (χ0n) is 13.6. The van der Waals surface area contributed by atoms with E-state index in [2.05, 4.69) is 31.7 Å². The van der Waals surface area contributed by atoms with Crippen molar-refractivity contribution < 1.29 is 14.3 Å². The summed E-state index contributed by atoms with van der Waals surface area (Å²) in [5.41, 5.74) is -0.0379. The summed E-state index contributed by atoms with van der Waals surface area (Å²) in [7, 11) is 0. The van der Waals surface area contributed by atoms with Gasteiger partial charge in [-0.1, -0.05) is 13.8 Å². The Balaban J connectivity index is 2.00. The van der Waals surface area contributed by atoms with Gasteiger partial charge >= 0.3 is 5.97 Å². The Morgan fingerprint density at radius 1 is 1.52 bits per heavy atom. The number of hydrogen-bond acceptors (Lipinski definition) is 3. The van der Waals surface area contributed by atoms with E-state index in [0.29, 0.717) is 12.6 Å². The number of aryl methyl sites for hydroxylation is 1. The van der Waals surface area contributed by atoms with Crippen LogP contribution in [0, 0.1) is 12.8 Å². The maximum absolute atomic E-state index is 11.2. The van der Waals surface area contributed by atoms with Crippen LogP contribution in [-0.4, -0.2) is 35.1 Å². The lowest BCUT2D eigenvalue weighted by Gasteiger charge is -2.38. The predicted octanol–water partition coefficient (Wildman–Crippen LogP) is 3.44. The van der Waals surface area contributed by atoms with E-state index in [1.165, 1.54) is 0 Å². The van der Waals surface area contributed by atoms with Crippen LogP contribution < -0.4 is 0 Å². The van der Waals surface area contributed by atoms with Crippen molar-refractivity contribution in [3.63, 3.8) is 0 Å². The molecule has 21 heavy (non-hydrogen) atoms. The molecule has 1 fully saturated rings. The Morgan fingerprint density at radius 2 is 2.24 bits per heavy atom. The van der Waals surface area contributed by atoms with Gasteiger partial charge in [-0.05, 0) is 51.8 Å². The Bertz CT molecular complexity index is 492. The first-order valence-corrected chi connectivity index (χ1v) is 7.83. The van der Waals surface area contributed by atoms with Crippen molar-refractivity contribution in [2.45, 2.75) is 58.4 Å². The van der Waals surface area contributed by atoms with Gasteiger partial charge in [0.25, 0.3) is 0 Å². The molecule has 0 bridgehead atoms. The number of carboxylic acid groups (broad SMARTS) is 1. The highest BCUT2D eigenvalue weighted by Gasteiger charge is 2.32. The van der Waals surface area contributed by atoms with Gasteiger partial charge in [0.15, 0.2) is 0 Å². The standard InChI is InChI=1S/C17H27NO3/c1-12(18-9-5-6-14(11-18)16(19)20)10-17(3,4)15-8-7-13(2)21-15/h7-8,12,14H,5-6,9-11H2,1-4H3,(H,19,20). The van der Waals surface area contributed by atoms with Crippen LogP contribution in [0.3, 0.4) is 0 Å². The van der Waals surface area contributed by atoms with Crippen molar-refractivity contribution in [3.8, 4) is 0 Å². The number of furan rings is 1. The molecular formula is C17H27NO3. The zero-order valence-corrected chi connectivity index (χ0v) is 13.6. The predicted molar refractivity (Wildman–Crippen MR) is 82.5 cm³/mol. The van der Waals surface area contributed by atoms with Crippen LogP contribution in [0.25, 0.3) is 0 Å². The molecule has 0 radical (unpaired) electrons. The molecule has 0 amide bonds. The molecule has 0 aliphatic carbocycles. The summed E-state index contributed by atoms with van der Waals surface area (Å²) in [6.45, 7) is 10.2. The summed E-state index contributed by atoms with van der Waals surface area (Å²) >= 11 is 0. The van der Waals surface area contributed by atoms with Crippen molar-refractivity contribution in [1.29, 1.82) is 0 Å².